The molecule has 1 atom stereocenters. The monoisotopic (exact) mass is 1010 g/mol. The van der Waals surface area contributed by atoms with Crippen LogP contribution in [0.2, 0.25) is 0 Å². The molecule has 64 heavy (non-hydrogen) atoms. The molecule has 1 aliphatic heterocycles. The topological polar surface area (TPSA) is 136 Å². The minimum atomic E-state index is -3.33. The first-order chi connectivity index (χ1) is 30.3. The van der Waals surface area contributed by atoms with Gasteiger partial charge in [0.25, 0.3) is 10.1 Å². The van der Waals surface area contributed by atoms with E-state index in [0.29, 0.717) is 25.3 Å². The summed E-state index contributed by atoms with van der Waals surface area (Å²) in [6.45, 7) is 29.0. The summed E-state index contributed by atoms with van der Waals surface area (Å²) in [5.41, 5.74) is 21.9. The summed E-state index contributed by atoms with van der Waals surface area (Å²) in [4.78, 5) is 15.8. The second-order valence-corrected chi connectivity index (χ2v) is 20.8. The molecule has 4 aromatic heterocycles. The number of pyridine rings is 2. The van der Waals surface area contributed by atoms with E-state index in [1.165, 1.54) is 50.3 Å². The summed E-state index contributed by atoms with van der Waals surface area (Å²) in [5, 5.41) is 10.8. The molecule has 6 aromatic rings. The lowest BCUT2D eigenvalue weighted by Gasteiger charge is -2.32. The minimum absolute atomic E-state index is 0.186. The highest BCUT2D eigenvalue weighted by molar-refractivity contribution is 9.10. The first-order valence-corrected chi connectivity index (χ1v) is 25.2. The Morgan fingerprint density at radius 2 is 1.30 bits per heavy atom. The van der Waals surface area contributed by atoms with Gasteiger partial charge >= 0.3 is 0 Å². The van der Waals surface area contributed by atoms with E-state index in [1.54, 1.807) is 0 Å². The van der Waals surface area contributed by atoms with Crippen molar-refractivity contribution in [3.05, 3.63) is 114 Å². The Morgan fingerprint density at radius 3 is 1.77 bits per heavy atom. The molecule has 0 aliphatic carbocycles. The first kappa shape index (κ1) is 50.3. The van der Waals surface area contributed by atoms with Crippen LogP contribution in [-0.4, -0.2) is 60.0 Å². The van der Waals surface area contributed by atoms with Crippen molar-refractivity contribution in [1.29, 1.82) is 5.26 Å². The van der Waals surface area contributed by atoms with E-state index >= 15 is 0 Å². The van der Waals surface area contributed by atoms with Crippen molar-refractivity contribution >= 4 is 75.4 Å². The summed E-state index contributed by atoms with van der Waals surface area (Å²) in [6, 6.07) is 14.9. The summed E-state index contributed by atoms with van der Waals surface area (Å²) in [5.74, 6) is 0.799. The van der Waals surface area contributed by atoms with E-state index in [0.717, 1.165) is 93.3 Å². The molecule has 1 saturated heterocycles. The number of aryl methyl sites for hydroxylation is 8. The number of hydrogen-bond acceptors (Lipinski definition) is 8. The average Bonchev–Trinajstić information content (AvgIpc) is 3.69. The molecule has 5 heterocycles. The lowest BCUT2D eigenvalue weighted by Crippen LogP contribution is -2.34. The molecule has 0 amide bonds. The molecular formula is C50H62Br2N8O3S. The number of nitrogens with two attached hydrogens (primary N) is 1. The van der Waals surface area contributed by atoms with Crippen LogP contribution in [0.3, 0.4) is 0 Å². The Bertz CT molecular complexity index is 2780. The highest BCUT2D eigenvalue weighted by Gasteiger charge is 2.25. The third-order valence-corrected chi connectivity index (χ3v) is 13.3. The van der Waals surface area contributed by atoms with Crippen LogP contribution >= 0.6 is 31.9 Å². The number of aromatic nitrogens is 4. The van der Waals surface area contributed by atoms with Gasteiger partial charge in [-0.1, -0.05) is 45.2 Å². The Labute approximate surface area is 397 Å². The smallest absolute Gasteiger partial charge is 0.264 e. The fraction of sp³-hybridized carbons (Fsp3) is 0.440. The zero-order valence-corrected chi connectivity index (χ0v) is 42.9. The van der Waals surface area contributed by atoms with Gasteiger partial charge in [0.1, 0.15) is 11.3 Å². The fourth-order valence-corrected chi connectivity index (χ4v) is 10.8. The van der Waals surface area contributed by atoms with E-state index in [9.17, 15) is 8.42 Å². The number of hydrogen-bond donors (Lipinski definition) is 1. The maximum absolute atomic E-state index is 10.6. The van der Waals surface area contributed by atoms with Gasteiger partial charge < -0.3 is 24.6 Å². The minimum Gasteiger partial charge on any atom is -0.398 e. The molecule has 0 radical (unpaired) electrons. The van der Waals surface area contributed by atoms with Crippen LogP contribution < -0.4 is 10.6 Å². The van der Waals surface area contributed by atoms with Crippen LogP contribution in [-0.2, 0) is 14.3 Å². The largest absolute Gasteiger partial charge is 0.398 e. The van der Waals surface area contributed by atoms with Crippen LogP contribution in [0.1, 0.15) is 90.2 Å². The van der Waals surface area contributed by atoms with Gasteiger partial charge in [-0.3, -0.25) is 4.18 Å². The van der Waals surface area contributed by atoms with Gasteiger partial charge in [0, 0.05) is 80.3 Å². The average molecular weight is 1010 g/mol. The number of halogens is 2. The Morgan fingerprint density at radius 1 is 0.812 bits per heavy atom. The fourth-order valence-electron chi connectivity index (χ4n) is 8.98. The van der Waals surface area contributed by atoms with E-state index in [2.05, 4.69) is 152 Å². The van der Waals surface area contributed by atoms with Crippen LogP contribution in [0.25, 0.3) is 38.3 Å². The van der Waals surface area contributed by atoms with Gasteiger partial charge in [0.2, 0.25) is 6.54 Å². The molecule has 0 bridgehead atoms. The van der Waals surface area contributed by atoms with Gasteiger partial charge in [-0.2, -0.15) is 13.7 Å². The quantitative estimate of drug-likeness (QED) is 0.100. The third kappa shape index (κ3) is 12.3. The molecule has 1 unspecified atom stereocenters. The predicted octanol–water partition coefficient (Wildman–Crippen LogP) is 12.4. The second-order valence-electron chi connectivity index (χ2n) is 17.3. The number of nitrogen functional groups attached to an aromatic ring is 1. The van der Waals surface area contributed by atoms with Crippen LogP contribution in [0.15, 0.2) is 57.7 Å². The van der Waals surface area contributed by atoms with Gasteiger partial charge in [-0.25, -0.2) is 16.5 Å². The molecule has 0 saturated carbocycles. The summed E-state index contributed by atoms with van der Waals surface area (Å²) in [7, 11) is -3.33. The van der Waals surface area contributed by atoms with Crippen molar-refractivity contribution in [1.82, 2.24) is 19.1 Å². The summed E-state index contributed by atoms with van der Waals surface area (Å²) in [6.07, 6.45) is 10.6. The van der Waals surface area contributed by atoms with Crippen molar-refractivity contribution < 1.29 is 12.6 Å². The highest BCUT2D eigenvalue weighted by atomic mass is 79.9. The van der Waals surface area contributed by atoms with Crippen LogP contribution in [0.5, 0.6) is 0 Å². The Hall–Kier alpha value is -4.73. The van der Waals surface area contributed by atoms with E-state index < -0.39 is 10.1 Å². The summed E-state index contributed by atoms with van der Waals surface area (Å²) >= 11 is 7.17. The van der Waals surface area contributed by atoms with Crippen LogP contribution in [0.4, 0.5) is 11.4 Å². The number of nitrogens with zero attached hydrogens (tertiary/aromatic N) is 7. The number of benzene rings is 2. The van der Waals surface area contributed by atoms with Gasteiger partial charge in [0.05, 0.1) is 30.3 Å². The number of anilines is 2. The lowest BCUT2D eigenvalue weighted by atomic mass is 9.96. The highest BCUT2D eigenvalue weighted by Crippen LogP contribution is 2.37. The molecule has 14 heteroatoms. The number of fused-ring (bicyclic) bond motifs is 2. The first-order valence-electron chi connectivity index (χ1n) is 21.8. The SMILES string of the molecule is CCCC(CC#N)CCOS(C)(=O)=O.Cc1cc(N)c2c(C)cn(-c3c(C)cc(Br)cc3C)c2n1.[C-]#[N+]CC1CCN(c2cc(C)nc3c2c(C)cn3-c2c(C)cc(Br)cc2C)CC1. The van der Waals surface area contributed by atoms with Crippen molar-refractivity contribution in [2.75, 3.05) is 43.1 Å². The number of piperidine rings is 1. The summed E-state index contributed by atoms with van der Waals surface area (Å²) < 4.78 is 32.5. The number of rotatable bonds is 11. The Kier molecular flexibility index (Phi) is 17.3. The Balaban J connectivity index is 0.000000194. The van der Waals surface area contributed by atoms with Gasteiger partial charge in [-0.05, 0) is 157 Å². The molecular weight excluding hydrogens is 952 g/mol. The predicted molar refractivity (Wildman–Crippen MR) is 270 cm³/mol. The molecule has 1 fully saturated rings. The zero-order chi connectivity index (χ0) is 47.0. The molecule has 7 rings (SSSR count). The standard InChI is InChI=1S/C24H27BrN4.C17H18BrN3.C9H17NO3S/c1-15-10-20(25)11-16(2)23(15)29-14-17(3)22-21(12-18(4)27-24(22)29)28-8-6-19(7-9-28)13-26-5;1-9-5-13(18)6-10(2)16(9)21-8-11(3)15-14(19)7-12(4)20-17(15)21;1-3-4-9(5-7-10)6-8-13-14(2,11)12/h10-12,14,19H,6-9,13H2,1-4H3;5-8H,1-4H3,(H2,19,20);9H,3-6,8H2,1-2H3. The maximum Gasteiger partial charge on any atom is 0.264 e. The molecule has 340 valence electrons. The second kappa shape index (κ2) is 22.0. The van der Waals surface area contributed by atoms with E-state index in [4.69, 9.17) is 27.5 Å². The maximum atomic E-state index is 10.6. The zero-order valence-electron chi connectivity index (χ0n) is 38.9. The van der Waals surface area contributed by atoms with Crippen LogP contribution in [0, 0.1) is 85.1 Å². The molecule has 11 nitrogen and oxygen atoms in total. The van der Waals surface area contributed by atoms with Crippen molar-refractivity contribution in [2.45, 2.75) is 101 Å². The van der Waals surface area contributed by atoms with Crippen molar-refractivity contribution in [3.8, 4) is 17.4 Å². The molecule has 1 aliphatic rings. The normalized spacial score (nSPS) is 13.5. The van der Waals surface area contributed by atoms with Crippen molar-refractivity contribution in [3.63, 3.8) is 0 Å². The third-order valence-electron chi connectivity index (χ3n) is 11.8. The number of nitriles is 1. The van der Waals surface area contributed by atoms with Gasteiger partial charge in [0.15, 0.2) is 0 Å². The van der Waals surface area contributed by atoms with Crippen molar-refractivity contribution in [2.24, 2.45) is 11.8 Å². The van der Waals surface area contributed by atoms with Gasteiger partial charge in [-0.15, -0.1) is 0 Å². The molecule has 0 spiro atoms. The van der Waals surface area contributed by atoms with E-state index in [1.807, 2.05) is 19.9 Å². The lowest BCUT2D eigenvalue weighted by molar-refractivity contribution is 0.279. The molecule has 2 aromatic carbocycles. The molecule has 2 N–H and O–H groups in total. The van der Waals surface area contributed by atoms with E-state index in [-0.39, 0.29) is 12.5 Å².